The van der Waals surface area contributed by atoms with Crippen molar-refractivity contribution in [2.24, 2.45) is 11.5 Å². The molecule has 0 heterocycles. The zero-order valence-electron chi connectivity index (χ0n) is 10.7. The number of ether oxygens (including phenoxy) is 1. The van der Waals surface area contributed by atoms with Crippen molar-refractivity contribution in [2.75, 3.05) is 13.7 Å². The first kappa shape index (κ1) is 16.2. The topological polar surface area (TPSA) is 143 Å². The molecule has 18 heavy (non-hydrogen) atoms. The van der Waals surface area contributed by atoms with Gasteiger partial charge in [0.15, 0.2) is 5.96 Å². The van der Waals surface area contributed by atoms with Gasteiger partial charge in [-0.3, -0.25) is 10.2 Å². The molecule has 0 rings (SSSR count). The molecule has 104 valence electrons. The van der Waals surface area contributed by atoms with Crippen molar-refractivity contribution in [3.63, 3.8) is 0 Å². The van der Waals surface area contributed by atoms with Crippen LogP contribution in [-0.4, -0.2) is 43.6 Å². The van der Waals surface area contributed by atoms with E-state index < -0.39 is 24.0 Å². The molecule has 8 heteroatoms. The second kappa shape index (κ2) is 8.29. The molecule has 0 spiro atoms. The number of guanidine groups is 1. The number of amides is 1. The molecule has 0 aromatic rings. The minimum Gasteiger partial charge on any atom is -0.467 e. The van der Waals surface area contributed by atoms with Crippen LogP contribution in [-0.2, 0) is 14.3 Å². The minimum absolute atomic E-state index is 0.135. The summed E-state index contributed by atoms with van der Waals surface area (Å²) >= 11 is 0. The van der Waals surface area contributed by atoms with Crippen LogP contribution in [0.3, 0.4) is 0 Å². The molecule has 0 saturated carbocycles. The van der Waals surface area contributed by atoms with E-state index in [1.165, 1.54) is 14.0 Å². The van der Waals surface area contributed by atoms with Gasteiger partial charge >= 0.3 is 5.97 Å². The quantitative estimate of drug-likeness (QED) is 0.159. The summed E-state index contributed by atoms with van der Waals surface area (Å²) in [6.45, 7) is 1.97. The Morgan fingerprint density at radius 3 is 2.50 bits per heavy atom. The number of nitrogens with one attached hydrogen (secondary N) is 3. The lowest BCUT2D eigenvalue weighted by molar-refractivity contribution is -0.145. The smallest absolute Gasteiger partial charge is 0.328 e. The Kier molecular flexibility index (Phi) is 7.45. The number of carbonyl (C=O) groups excluding carboxylic acids is 2. The summed E-state index contributed by atoms with van der Waals surface area (Å²) < 4.78 is 4.59. The van der Waals surface area contributed by atoms with E-state index in [4.69, 9.17) is 16.9 Å². The summed E-state index contributed by atoms with van der Waals surface area (Å²) in [6.07, 6.45) is 0.935. The third-order valence-electron chi connectivity index (χ3n) is 2.20. The lowest BCUT2D eigenvalue weighted by Gasteiger charge is -2.17. The van der Waals surface area contributed by atoms with Crippen molar-refractivity contribution >= 4 is 17.8 Å². The fourth-order valence-electron chi connectivity index (χ4n) is 1.22. The van der Waals surface area contributed by atoms with Crippen LogP contribution in [0.4, 0.5) is 0 Å². The molecule has 0 aliphatic heterocycles. The maximum absolute atomic E-state index is 11.4. The highest BCUT2D eigenvalue weighted by Crippen LogP contribution is 1.99. The van der Waals surface area contributed by atoms with Crippen molar-refractivity contribution in [1.29, 1.82) is 5.41 Å². The number of carbonyl (C=O) groups is 2. The summed E-state index contributed by atoms with van der Waals surface area (Å²) in [5.41, 5.74) is 10.5. The minimum atomic E-state index is -0.734. The molecule has 0 aliphatic rings. The zero-order valence-corrected chi connectivity index (χ0v) is 10.7. The van der Waals surface area contributed by atoms with Gasteiger partial charge in [-0.15, -0.1) is 0 Å². The average molecular weight is 259 g/mol. The molecule has 0 aromatic heterocycles. The number of nitrogens with two attached hydrogens (primary N) is 2. The second-order valence-electron chi connectivity index (χ2n) is 3.86. The lowest BCUT2D eigenvalue weighted by atomic mass is 10.1. The van der Waals surface area contributed by atoms with Gasteiger partial charge in [0.1, 0.15) is 6.04 Å². The summed E-state index contributed by atoms with van der Waals surface area (Å²) in [6, 6.07) is -1.42. The molecule has 0 saturated heterocycles. The summed E-state index contributed by atoms with van der Waals surface area (Å²) in [5.74, 6) is -1.07. The van der Waals surface area contributed by atoms with Crippen molar-refractivity contribution in [3.8, 4) is 0 Å². The Morgan fingerprint density at radius 1 is 1.44 bits per heavy atom. The average Bonchev–Trinajstić information content (AvgIpc) is 2.31. The van der Waals surface area contributed by atoms with E-state index in [1.807, 2.05) is 0 Å². The number of hydrogen-bond acceptors (Lipinski definition) is 5. The van der Waals surface area contributed by atoms with Gasteiger partial charge in [0.2, 0.25) is 5.91 Å². The van der Waals surface area contributed by atoms with E-state index in [2.05, 4.69) is 15.4 Å². The Balaban J connectivity index is 4.20. The number of rotatable bonds is 7. The van der Waals surface area contributed by atoms with Crippen LogP contribution in [0.1, 0.15) is 19.8 Å². The molecule has 0 radical (unpaired) electrons. The van der Waals surface area contributed by atoms with Gasteiger partial charge in [-0.05, 0) is 19.8 Å². The van der Waals surface area contributed by atoms with Gasteiger partial charge in [0.05, 0.1) is 13.2 Å². The van der Waals surface area contributed by atoms with Gasteiger partial charge < -0.3 is 26.8 Å². The van der Waals surface area contributed by atoms with E-state index in [-0.39, 0.29) is 5.96 Å². The standard InChI is InChI=1S/C10H21N5O3/c1-6(11)8(16)15-7(9(17)18-2)4-3-5-14-10(12)13/h6-7H,3-5,11H2,1-2H3,(H,15,16)(H4,12,13,14). The molecular weight excluding hydrogens is 238 g/mol. The molecule has 0 bridgehead atoms. The summed E-state index contributed by atoms with van der Waals surface area (Å²) in [5, 5.41) is 12.1. The number of methoxy groups -OCH3 is 1. The number of hydrogen-bond donors (Lipinski definition) is 5. The van der Waals surface area contributed by atoms with Gasteiger partial charge in [-0.2, -0.15) is 0 Å². The first-order valence-electron chi connectivity index (χ1n) is 5.60. The SMILES string of the molecule is COC(=O)C(CCCNC(=N)N)NC(=O)C(C)N. The van der Waals surface area contributed by atoms with E-state index in [9.17, 15) is 9.59 Å². The van der Waals surface area contributed by atoms with Crippen LogP contribution in [0.5, 0.6) is 0 Å². The molecule has 0 aliphatic carbocycles. The Labute approximate surface area is 106 Å². The lowest BCUT2D eigenvalue weighted by Crippen LogP contribution is -2.48. The largest absolute Gasteiger partial charge is 0.467 e. The van der Waals surface area contributed by atoms with Gasteiger partial charge in [-0.25, -0.2) is 4.79 Å². The van der Waals surface area contributed by atoms with E-state index in [0.717, 1.165) is 0 Å². The molecule has 7 N–H and O–H groups in total. The molecule has 0 aromatic carbocycles. The van der Waals surface area contributed by atoms with Crippen molar-refractivity contribution in [1.82, 2.24) is 10.6 Å². The van der Waals surface area contributed by atoms with Crippen molar-refractivity contribution in [3.05, 3.63) is 0 Å². The van der Waals surface area contributed by atoms with Crippen LogP contribution >= 0.6 is 0 Å². The third-order valence-corrected chi connectivity index (χ3v) is 2.20. The maximum Gasteiger partial charge on any atom is 0.328 e. The predicted molar refractivity (Wildman–Crippen MR) is 66.7 cm³/mol. The molecule has 0 fully saturated rings. The monoisotopic (exact) mass is 259 g/mol. The summed E-state index contributed by atoms with van der Waals surface area (Å²) in [7, 11) is 1.25. The van der Waals surface area contributed by atoms with Crippen molar-refractivity contribution < 1.29 is 14.3 Å². The Bertz CT molecular complexity index is 306. The molecular formula is C10H21N5O3. The maximum atomic E-state index is 11.4. The fourth-order valence-corrected chi connectivity index (χ4v) is 1.22. The van der Waals surface area contributed by atoms with E-state index >= 15 is 0 Å². The van der Waals surface area contributed by atoms with E-state index in [1.54, 1.807) is 0 Å². The first-order valence-corrected chi connectivity index (χ1v) is 5.60. The van der Waals surface area contributed by atoms with E-state index in [0.29, 0.717) is 19.4 Å². The zero-order chi connectivity index (χ0) is 14.1. The fraction of sp³-hybridized carbons (Fsp3) is 0.700. The number of esters is 1. The Morgan fingerprint density at radius 2 is 2.06 bits per heavy atom. The van der Waals surface area contributed by atoms with Crippen LogP contribution in [0.25, 0.3) is 0 Å². The van der Waals surface area contributed by atoms with Crippen LogP contribution in [0.2, 0.25) is 0 Å². The molecule has 2 atom stereocenters. The molecule has 1 amide bonds. The highest BCUT2D eigenvalue weighted by atomic mass is 16.5. The van der Waals surface area contributed by atoms with Gasteiger partial charge in [0, 0.05) is 6.54 Å². The Hall–Kier alpha value is -1.83. The molecule has 2 unspecified atom stereocenters. The normalized spacial score (nSPS) is 13.3. The van der Waals surface area contributed by atoms with Crippen LogP contribution in [0, 0.1) is 5.41 Å². The summed E-state index contributed by atoms with van der Waals surface area (Å²) in [4.78, 5) is 22.8. The highest BCUT2D eigenvalue weighted by molar-refractivity contribution is 5.87. The van der Waals surface area contributed by atoms with Gasteiger partial charge in [0.25, 0.3) is 0 Å². The molecule has 8 nitrogen and oxygen atoms in total. The van der Waals surface area contributed by atoms with Crippen LogP contribution in [0.15, 0.2) is 0 Å². The third kappa shape index (κ3) is 6.69. The highest BCUT2D eigenvalue weighted by Gasteiger charge is 2.22. The van der Waals surface area contributed by atoms with Gasteiger partial charge in [-0.1, -0.05) is 0 Å². The second-order valence-corrected chi connectivity index (χ2v) is 3.86. The van der Waals surface area contributed by atoms with Crippen LogP contribution < -0.4 is 22.1 Å². The van der Waals surface area contributed by atoms with Crippen molar-refractivity contribution in [2.45, 2.75) is 31.8 Å². The predicted octanol–water partition coefficient (Wildman–Crippen LogP) is -1.75. The first-order chi connectivity index (χ1) is 8.38.